The van der Waals surface area contributed by atoms with Gasteiger partial charge in [-0.2, -0.15) is 0 Å². The van der Waals surface area contributed by atoms with Gasteiger partial charge in [0.15, 0.2) is 6.29 Å². The van der Waals surface area contributed by atoms with Crippen molar-refractivity contribution < 1.29 is 14.3 Å². The summed E-state index contributed by atoms with van der Waals surface area (Å²) in [6, 6.07) is 7.17. The Morgan fingerprint density at radius 2 is 2.12 bits per heavy atom. The number of nitrogens with one attached hydrogen (secondary N) is 1. The van der Waals surface area contributed by atoms with Crippen LogP contribution in [0.25, 0.3) is 0 Å². The molecule has 0 atom stereocenters. The van der Waals surface area contributed by atoms with Crippen LogP contribution in [0.4, 0.5) is 0 Å². The van der Waals surface area contributed by atoms with Crippen LogP contribution >= 0.6 is 15.9 Å². The summed E-state index contributed by atoms with van der Waals surface area (Å²) >= 11 is 3.31. The molecule has 1 aromatic carbocycles. The zero-order chi connectivity index (χ0) is 12.0. The molecule has 1 aromatic rings. The van der Waals surface area contributed by atoms with E-state index in [1.165, 1.54) is 14.2 Å². The van der Waals surface area contributed by atoms with Crippen LogP contribution in [-0.4, -0.2) is 33.0 Å². The molecule has 1 amide bonds. The Bertz CT molecular complexity index is 353. The maximum atomic E-state index is 11.7. The number of methoxy groups -OCH3 is 2. The standard InChI is InChI=1S/C11H14BrNO3/c1-15-10(16-2)7-13-11(14)8-4-3-5-9(12)6-8/h3-6,10H,7H2,1-2H3,(H,13,14). The second kappa shape index (κ2) is 6.62. The topological polar surface area (TPSA) is 47.6 Å². The van der Waals surface area contributed by atoms with Crippen LogP contribution in [0.3, 0.4) is 0 Å². The molecule has 0 radical (unpaired) electrons. The summed E-state index contributed by atoms with van der Waals surface area (Å²) in [5, 5.41) is 2.72. The molecule has 16 heavy (non-hydrogen) atoms. The van der Waals surface area contributed by atoms with E-state index in [-0.39, 0.29) is 5.91 Å². The molecule has 0 saturated carbocycles. The van der Waals surface area contributed by atoms with Crippen molar-refractivity contribution in [1.82, 2.24) is 5.32 Å². The number of benzene rings is 1. The number of carbonyl (C=O) groups is 1. The van der Waals surface area contributed by atoms with Gasteiger partial charge in [-0.3, -0.25) is 4.79 Å². The highest BCUT2D eigenvalue weighted by Crippen LogP contribution is 2.11. The molecule has 0 aliphatic carbocycles. The van der Waals surface area contributed by atoms with Crippen LogP contribution in [-0.2, 0) is 9.47 Å². The van der Waals surface area contributed by atoms with Gasteiger partial charge in [-0.15, -0.1) is 0 Å². The lowest BCUT2D eigenvalue weighted by atomic mass is 10.2. The van der Waals surface area contributed by atoms with Crippen molar-refractivity contribution in [2.75, 3.05) is 20.8 Å². The number of amides is 1. The van der Waals surface area contributed by atoms with Crippen molar-refractivity contribution in [2.24, 2.45) is 0 Å². The lowest BCUT2D eigenvalue weighted by molar-refractivity contribution is -0.0974. The summed E-state index contributed by atoms with van der Waals surface area (Å²) in [5.74, 6) is -0.152. The fraction of sp³-hybridized carbons (Fsp3) is 0.364. The molecule has 0 heterocycles. The molecule has 5 heteroatoms. The first kappa shape index (κ1) is 13.2. The van der Waals surface area contributed by atoms with Gasteiger partial charge in [0.05, 0.1) is 6.54 Å². The predicted octanol–water partition coefficient (Wildman–Crippen LogP) is 1.80. The van der Waals surface area contributed by atoms with E-state index in [2.05, 4.69) is 21.2 Å². The predicted molar refractivity (Wildman–Crippen MR) is 64.3 cm³/mol. The Hall–Kier alpha value is -0.910. The smallest absolute Gasteiger partial charge is 0.251 e. The summed E-state index contributed by atoms with van der Waals surface area (Å²) < 4.78 is 10.8. The molecule has 0 bridgehead atoms. The zero-order valence-corrected chi connectivity index (χ0v) is 10.8. The molecule has 0 spiro atoms. The van der Waals surface area contributed by atoms with Gasteiger partial charge >= 0.3 is 0 Å². The SMILES string of the molecule is COC(CNC(=O)c1cccc(Br)c1)OC. The number of carbonyl (C=O) groups excluding carboxylic acids is 1. The number of ether oxygens (including phenoxy) is 2. The van der Waals surface area contributed by atoms with Crippen molar-refractivity contribution >= 4 is 21.8 Å². The van der Waals surface area contributed by atoms with Crippen molar-refractivity contribution in [3.05, 3.63) is 34.3 Å². The molecule has 4 nitrogen and oxygen atoms in total. The van der Waals surface area contributed by atoms with Gasteiger partial charge in [-0.05, 0) is 18.2 Å². The van der Waals surface area contributed by atoms with Crippen LogP contribution < -0.4 is 5.32 Å². The minimum absolute atomic E-state index is 0.152. The van der Waals surface area contributed by atoms with Gasteiger partial charge in [0.2, 0.25) is 0 Å². The van der Waals surface area contributed by atoms with Crippen LogP contribution in [0, 0.1) is 0 Å². The van der Waals surface area contributed by atoms with E-state index in [0.29, 0.717) is 12.1 Å². The number of rotatable bonds is 5. The number of hydrogen-bond acceptors (Lipinski definition) is 3. The van der Waals surface area contributed by atoms with Gasteiger partial charge in [-0.1, -0.05) is 22.0 Å². The van der Waals surface area contributed by atoms with Crippen molar-refractivity contribution in [3.8, 4) is 0 Å². The fourth-order valence-corrected chi connectivity index (χ4v) is 1.57. The highest BCUT2D eigenvalue weighted by Gasteiger charge is 2.09. The maximum Gasteiger partial charge on any atom is 0.251 e. The lowest BCUT2D eigenvalue weighted by Crippen LogP contribution is -2.34. The Morgan fingerprint density at radius 1 is 1.44 bits per heavy atom. The number of halogens is 1. The van der Waals surface area contributed by atoms with E-state index in [1.54, 1.807) is 12.1 Å². The fourth-order valence-electron chi connectivity index (χ4n) is 1.17. The molecule has 0 unspecified atom stereocenters. The normalized spacial score (nSPS) is 10.5. The summed E-state index contributed by atoms with van der Waals surface area (Å²) in [6.45, 7) is 0.318. The van der Waals surface area contributed by atoms with Crippen molar-refractivity contribution in [3.63, 3.8) is 0 Å². The monoisotopic (exact) mass is 287 g/mol. The Balaban J connectivity index is 2.52. The van der Waals surface area contributed by atoms with Crippen LogP contribution in [0.5, 0.6) is 0 Å². The number of hydrogen-bond donors (Lipinski definition) is 1. The molecular formula is C11H14BrNO3. The first-order valence-corrected chi connectivity index (χ1v) is 5.56. The molecule has 1 N–H and O–H groups in total. The largest absolute Gasteiger partial charge is 0.354 e. The second-order valence-electron chi connectivity index (χ2n) is 3.12. The van der Waals surface area contributed by atoms with Gasteiger partial charge in [0, 0.05) is 24.3 Å². The third-order valence-corrected chi connectivity index (χ3v) is 2.54. The highest BCUT2D eigenvalue weighted by molar-refractivity contribution is 9.10. The van der Waals surface area contributed by atoms with E-state index < -0.39 is 6.29 Å². The molecule has 0 aromatic heterocycles. The van der Waals surface area contributed by atoms with Gasteiger partial charge in [-0.25, -0.2) is 0 Å². The van der Waals surface area contributed by atoms with Gasteiger partial charge in [0.25, 0.3) is 5.91 Å². The average Bonchev–Trinajstić information content (AvgIpc) is 2.30. The zero-order valence-electron chi connectivity index (χ0n) is 9.20. The Labute approximate surface area is 103 Å². The quantitative estimate of drug-likeness (QED) is 0.840. The van der Waals surface area contributed by atoms with E-state index in [9.17, 15) is 4.79 Å². The molecule has 0 aliphatic rings. The molecular weight excluding hydrogens is 274 g/mol. The second-order valence-corrected chi connectivity index (χ2v) is 4.04. The minimum atomic E-state index is -0.420. The Morgan fingerprint density at radius 3 is 2.69 bits per heavy atom. The molecule has 0 aliphatic heterocycles. The molecule has 1 rings (SSSR count). The first-order valence-electron chi connectivity index (χ1n) is 4.76. The van der Waals surface area contributed by atoms with Crippen LogP contribution in [0.15, 0.2) is 28.7 Å². The van der Waals surface area contributed by atoms with Crippen molar-refractivity contribution in [2.45, 2.75) is 6.29 Å². The lowest BCUT2D eigenvalue weighted by Gasteiger charge is -2.13. The third-order valence-electron chi connectivity index (χ3n) is 2.04. The maximum absolute atomic E-state index is 11.7. The summed E-state index contributed by atoms with van der Waals surface area (Å²) in [4.78, 5) is 11.7. The summed E-state index contributed by atoms with van der Waals surface area (Å²) in [5.41, 5.74) is 0.598. The third kappa shape index (κ3) is 3.92. The van der Waals surface area contributed by atoms with E-state index in [1.807, 2.05) is 12.1 Å². The van der Waals surface area contributed by atoms with E-state index in [0.717, 1.165) is 4.47 Å². The Kier molecular flexibility index (Phi) is 5.45. The van der Waals surface area contributed by atoms with Crippen molar-refractivity contribution in [1.29, 1.82) is 0 Å². The van der Waals surface area contributed by atoms with Gasteiger partial charge in [0.1, 0.15) is 0 Å². The molecule has 0 saturated heterocycles. The van der Waals surface area contributed by atoms with Gasteiger partial charge < -0.3 is 14.8 Å². The molecule has 0 fully saturated rings. The highest BCUT2D eigenvalue weighted by atomic mass is 79.9. The summed E-state index contributed by atoms with van der Waals surface area (Å²) in [7, 11) is 3.05. The van der Waals surface area contributed by atoms with E-state index >= 15 is 0 Å². The van der Waals surface area contributed by atoms with E-state index in [4.69, 9.17) is 9.47 Å². The minimum Gasteiger partial charge on any atom is -0.354 e. The molecule has 88 valence electrons. The first-order chi connectivity index (χ1) is 7.67. The summed E-state index contributed by atoms with van der Waals surface area (Å²) in [6.07, 6.45) is -0.420. The van der Waals surface area contributed by atoms with Crippen LogP contribution in [0.2, 0.25) is 0 Å². The van der Waals surface area contributed by atoms with Crippen LogP contribution in [0.1, 0.15) is 10.4 Å². The average molecular weight is 288 g/mol.